The van der Waals surface area contributed by atoms with Gasteiger partial charge in [0.1, 0.15) is 5.82 Å². The van der Waals surface area contributed by atoms with Gasteiger partial charge in [-0.15, -0.1) is 20.4 Å². The van der Waals surface area contributed by atoms with Gasteiger partial charge >= 0.3 is 0 Å². The minimum atomic E-state index is 0.486. The molecule has 0 radical (unpaired) electrons. The van der Waals surface area contributed by atoms with Crippen LogP contribution in [0.25, 0.3) is 5.69 Å². The Bertz CT molecular complexity index is 819. The van der Waals surface area contributed by atoms with Gasteiger partial charge in [0.2, 0.25) is 11.8 Å². The molecule has 118 valence electrons. The first-order valence-electron chi connectivity index (χ1n) is 7.65. The van der Waals surface area contributed by atoms with E-state index in [-0.39, 0.29) is 0 Å². The normalized spacial score (nSPS) is 14.3. The quantitative estimate of drug-likeness (QED) is 0.669. The van der Waals surface area contributed by atoms with E-state index in [1.54, 1.807) is 11.8 Å². The second kappa shape index (κ2) is 5.81. The molecular weight excluding hydrogens is 310 g/mol. The molecule has 1 aliphatic carbocycles. The summed E-state index contributed by atoms with van der Waals surface area (Å²) in [5.74, 6) is 3.37. The van der Waals surface area contributed by atoms with E-state index in [4.69, 9.17) is 4.42 Å². The van der Waals surface area contributed by atoms with Gasteiger partial charge in [0.05, 0.1) is 5.75 Å². The highest BCUT2D eigenvalue weighted by atomic mass is 32.2. The van der Waals surface area contributed by atoms with Crippen molar-refractivity contribution in [3.8, 4) is 5.69 Å². The molecule has 23 heavy (non-hydrogen) atoms. The lowest BCUT2D eigenvalue weighted by Gasteiger charge is -2.07. The van der Waals surface area contributed by atoms with Crippen LogP contribution in [-0.2, 0) is 5.75 Å². The summed E-state index contributed by atoms with van der Waals surface area (Å²) in [6, 6.07) is 8.33. The Kier molecular flexibility index (Phi) is 3.65. The molecule has 1 saturated carbocycles. The van der Waals surface area contributed by atoms with E-state index in [0.29, 0.717) is 17.6 Å². The predicted molar refractivity (Wildman–Crippen MR) is 86.7 cm³/mol. The van der Waals surface area contributed by atoms with Gasteiger partial charge < -0.3 is 4.42 Å². The largest absolute Gasteiger partial charge is 0.424 e. The lowest BCUT2D eigenvalue weighted by molar-refractivity contribution is 0.466. The highest BCUT2D eigenvalue weighted by molar-refractivity contribution is 7.98. The summed E-state index contributed by atoms with van der Waals surface area (Å²) in [7, 11) is 0. The van der Waals surface area contributed by atoms with Crippen LogP contribution in [0.5, 0.6) is 0 Å². The molecule has 6 nitrogen and oxygen atoms in total. The second-order valence-electron chi connectivity index (χ2n) is 5.80. The number of thioether (sulfide) groups is 1. The molecule has 1 aromatic carbocycles. The summed E-state index contributed by atoms with van der Waals surface area (Å²) in [6.45, 7) is 4.03. The van der Waals surface area contributed by atoms with Crippen LogP contribution in [0.15, 0.2) is 33.8 Å². The Hall–Kier alpha value is -2.15. The van der Waals surface area contributed by atoms with Crippen molar-refractivity contribution < 1.29 is 4.42 Å². The van der Waals surface area contributed by atoms with E-state index < -0.39 is 0 Å². The van der Waals surface area contributed by atoms with Gasteiger partial charge in [0.25, 0.3) is 0 Å². The Morgan fingerprint density at radius 2 is 1.87 bits per heavy atom. The maximum atomic E-state index is 5.70. The average molecular weight is 327 g/mol. The first-order valence-corrected chi connectivity index (χ1v) is 8.63. The standard InChI is InChI=1S/C16H17N5OS/c1-10-3-7-13(8-4-10)21-11(2)17-20-16(21)23-9-14-18-19-15(22-14)12-5-6-12/h3-4,7-8,12H,5-6,9H2,1-2H3. The fourth-order valence-corrected chi connectivity index (χ4v) is 3.21. The molecule has 0 saturated heterocycles. The van der Waals surface area contributed by atoms with Crippen LogP contribution in [-0.4, -0.2) is 25.0 Å². The van der Waals surface area contributed by atoms with Crippen molar-refractivity contribution in [3.05, 3.63) is 47.4 Å². The van der Waals surface area contributed by atoms with Crippen molar-refractivity contribution >= 4 is 11.8 Å². The highest BCUT2D eigenvalue weighted by Crippen LogP contribution is 2.39. The summed E-state index contributed by atoms with van der Waals surface area (Å²) < 4.78 is 7.74. The van der Waals surface area contributed by atoms with Gasteiger partial charge in [-0.05, 0) is 38.8 Å². The molecule has 3 aromatic rings. The molecule has 2 aromatic heterocycles. The molecule has 2 heterocycles. The Morgan fingerprint density at radius 1 is 1.09 bits per heavy atom. The SMILES string of the molecule is Cc1ccc(-n2c(C)nnc2SCc2nnc(C3CC3)o2)cc1. The highest BCUT2D eigenvalue weighted by Gasteiger charge is 2.29. The third kappa shape index (κ3) is 3.01. The van der Waals surface area contributed by atoms with Crippen LogP contribution in [0.1, 0.15) is 41.9 Å². The summed E-state index contributed by atoms with van der Waals surface area (Å²) in [4.78, 5) is 0. The summed E-state index contributed by atoms with van der Waals surface area (Å²) in [6.07, 6.45) is 2.32. The molecule has 1 fully saturated rings. The molecule has 0 aliphatic heterocycles. The lowest BCUT2D eigenvalue weighted by Crippen LogP contribution is -1.99. The van der Waals surface area contributed by atoms with E-state index in [9.17, 15) is 0 Å². The number of aromatic nitrogens is 5. The summed E-state index contributed by atoms with van der Waals surface area (Å²) in [5, 5.41) is 17.5. The summed E-state index contributed by atoms with van der Waals surface area (Å²) in [5.41, 5.74) is 2.29. The molecule has 0 bridgehead atoms. The molecule has 0 atom stereocenters. The van der Waals surface area contributed by atoms with E-state index in [2.05, 4.69) is 51.6 Å². The third-order valence-corrected chi connectivity index (χ3v) is 4.73. The average Bonchev–Trinajstić information content (AvgIpc) is 3.18. The van der Waals surface area contributed by atoms with Crippen LogP contribution >= 0.6 is 11.8 Å². The van der Waals surface area contributed by atoms with Crippen LogP contribution in [0.4, 0.5) is 0 Å². The maximum absolute atomic E-state index is 5.70. The molecule has 0 N–H and O–H groups in total. The van der Waals surface area contributed by atoms with E-state index in [1.807, 2.05) is 11.5 Å². The molecule has 7 heteroatoms. The molecule has 0 spiro atoms. The number of nitrogens with zero attached hydrogens (tertiary/aromatic N) is 5. The molecule has 1 aliphatic rings. The van der Waals surface area contributed by atoms with Gasteiger partial charge in [-0.1, -0.05) is 29.5 Å². The van der Waals surface area contributed by atoms with E-state index in [1.165, 1.54) is 5.56 Å². The van der Waals surface area contributed by atoms with Gasteiger partial charge in [0, 0.05) is 11.6 Å². The number of hydrogen-bond acceptors (Lipinski definition) is 6. The topological polar surface area (TPSA) is 69.6 Å². The van der Waals surface area contributed by atoms with Crippen LogP contribution < -0.4 is 0 Å². The van der Waals surface area contributed by atoms with Crippen LogP contribution in [0, 0.1) is 13.8 Å². The Labute approximate surface area is 138 Å². The van der Waals surface area contributed by atoms with Crippen molar-refractivity contribution in [3.63, 3.8) is 0 Å². The van der Waals surface area contributed by atoms with Gasteiger partial charge in [-0.25, -0.2) is 0 Å². The van der Waals surface area contributed by atoms with Gasteiger partial charge in [-0.3, -0.25) is 4.57 Å². The molecule has 4 rings (SSSR count). The van der Waals surface area contributed by atoms with Gasteiger partial charge in [-0.2, -0.15) is 0 Å². The number of hydrogen-bond donors (Lipinski definition) is 0. The Balaban J connectivity index is 1.53. The van der Waals surface area contributed by atoms with Crippen LogP contribution in [0.3, 0.4) is 0 Å². The number of rotatable bonds is 5. The zero-order valence-electron chi connectivity index (χ0n) is 13.1. The van der Waals surface area contributed by atoms with Crippen LogP contribution in [0.2, 0.25) is 0 Å². The first-order chi connectivity index (χ1) is 11.2. The van der Waals surface area contributed by atoms with Crippen molar-refractivity contribution in [2.75, 3.05) is 0 Å². The lowest BCUT2D eigenvalue weighted by atomic mass is 10.2. The van der Waals surface area contributed by atoms with E-state index >= 15 is 0 Å². The molecular formula is C16H17N5OS. The Morgan fingerprint density at radius 3 is 2.61 bits per heavy atom. The number of benzene rings is 1. The summed E-state index contributed by atoms with van der Waals surface area (Å²) >= 11 is 1.56. The zero-order chi connectivity index (χ0) is 15.8. The van der Waals surface area contributed by atoms with E-state index in [0.717, 1.165) is 35.4 Å². The zero-order valence-corrected chi connectivity index (χ0v) is 13.9. The van der Waals surface area contributed by atoms with Crippen molar-refractivity contribution in [1.29, 1.82) is 0 Å². The number of aryl methyl sites for hydroxylation is 2. The fourth-order valence-electron chi connectivity index (χ4n) is 2.37. The maximum Gasteiger partial charge on any atom is 0.226 e. The fraction of sp³-hybridized carbons (Fsp3) is 0.375. The second-order valence-corrected chi connectivity index (χ2v) is 6.74. The molecule has 0 unspecified atom stereocenters. The van der Waals surface area contributed by atoms with Crippen molar-refractivity contribution in [2.24, 2.45) is 0 Å². The smallest absolute Gasteiger partial charge is 0.226 e. The third-order valence-electron chi connectivity index (χ3n) is 3.82. The minimum absolute atomic E-state index is 0.486. The van der Waals surface area contributed by atoms with Crippen molar-refractivity contribution in [2.45, 2.75) is 43.5 Å². The predicted octanol–water partition coefficient (Wildman–Crippen LogP) is 3.44. The van der Waals surface area contributed by atoms with Gasteiger partial charge in [0.15, 0.2) is 5.16 Å². The minimum Gasteiger partial charge on any atom is -0.424 e. The monoisotopic (exact) mass is 327 g/mol. The van der Waals surface area contributed by atoms with Crippen molar-refractivity contribution in [1.82, 2.24) is 25.0 Å². The first kappa shape index (κ1) is 14.4. The molecule has 0 amide bonds.